The third-order valence-electron chi connectivity index (χ3n) is 3.44. The molecule has 2 aromatic heterocycles. The molecule has 0 radical (unpaired) electrons. The molecule has 1 aromatic carbocycles. The van der Waals surface area contributed by atoms with E-state index in [2.05, 4.69) is 34.8 Å². The van der Waals surface area contributed by atoms with Crippen LogP contribution < -0.4 is 16.2 Å². The van der Waals surface area contributed by atoms with Crippen LogP contribution in [0.3, 0.4) is 0 Å². The molecule has 5 nitrogen and oxygen atoms in total. The SMILES string of the molecule is Cn1[nH]c2nc(Cl)cc(Nc3ccccc3P(C)C)c2c1=O. The molecular formula is C15H16ClN4OP. The summed E-state index contributed by atoms with van der Waals surface area (Å²) in [5.74, 6) is 0. The number of para-hydroxylation sites is 1. The Morgan fingerprint density at radius 2 is 2.00 bits per heavy atom. The first-order valence-electron chi connectivity index (χ1n) is 6.76. The number of fused-ring (bicyclic) bond motifs is 1. The number of nitrogens with zero attached hydrogens (tertiary/aromatic N) is 2. The average Bonchev–Trinajstić information content (AvgIpc) is 2.74. The lowest BCUT2D eigenvalue weighted by Gasteiger charge is -2.15. The molecule has 0 aliphatic rings. The third kappa shape index (κ3) is 2.62. The summed E-state index contributed by atoms with van der Waals surface area (Å²) >= 11 is 6.08. The Morgan fingerprint density at radius 1 is 1.27 bits per heavy atom. The Kier molecular flexibility index (Phi) is 3.94. The van der Waals surface area contributed by atoms with Crippen LogP contribution in [0.15, 0.2) is 35.1 Å². The lowest BCUT2D eigenvalue weighted by Crippen LogP contribution is -2.13. The van der Waals surface area contributed by atoms with E-state index in [1.165, 1.54) is 9.99 Å². The number of rotatable bonds is 3. The molecule has 0 saturated carbocycles. The van der Waals surface area contributed by atoms with Gasteiger partial charge in [-0.25, -0.2) is 4.98 Å². The first-order chi connectivity index (χ1) is 10.5. The highest BCUT2D eigenvalue weighted by molar-refractivity contribution is 7.64. The molecule has 0 amide bonds. The van der Waals surface area contributed by atoms with Gasteiger partial charge >= 0.3 is 0 Å². The van der Waals surface area contributed by atoms with Gasteiger partial charge in [0.05, 0.1) is 5.69 Å². The molecule has 0 aliphatic heterocycles. The number of anilines is 2. The van der Waals surface area contributed by atoms with E-state index in [0.29, 0.717) is 21.9 Å². The van der Waals surface area contributed by atoms with Crippen LogP contribution in [0.4, 0.5) is 11.4 Å². The Morgan fingerprint density at radius 3 is 2.73 bits per heavy atom. The van der Waals surface area contributed by atoms with Gasteiger partial charge in [0.25, 0.3) is 5.56 Å². The van der Waals surface area contributed by atoms with Crippen LogP contribution in [0, 0.1) is 0 Å². The summed E-state index contributed by atoms with van der Waals surface area (Å²) in [4.78, 5) is 16.5. The number of benzene rings is 1. The first-order valence-corrected chi connectivity index (χ1v) is 9.37. The van der Waals surface area contributed by atoms with Gasteiger partial charge in [-0.1, -0.05) is 37.7 Å². The van der Waals surface area contributed by atoms with Gasteiger partial charge in [-0.2, -0.15) is 0 Å². The number of pyridine rings is 1. The number of aryl methyl sites for hydroxylation is 1. The molecule has 0 atom stereocenters. The van der Waals surface area contributed by atoms with E-state index in [1.54, 1.807) is 13.1 Å². The van der Waals surface area contributed by atoms with Crippen LogP contribution in [-0.4, -0.2) is 28.1 Å². The maximum absolute atomic E-state index is 12.3. The normalized spacial score (nSPS) is 11.3. The first kappa shape index (κ1) is 15.1. The zero-order valence-electron chi connectivity index (χ0n) is 12.5. The van der Waals surface area contributed by atoms with Gasteiger partial charge in [0.15, 0.2) is 5.65 Å². The van der Waals surface area contributed by atoms with Crippen molar-refractivity contribution in [3.05, 3.63) is 45.8 Å². The summed E-state index contributed by atoms with van der Waals surface area (Å²) in [7, 11) is 1.39. The zero-order valence-corrected chi connectivity index (χ0v) is 14.2. The van der Waals surface area contributed by atoms with Crippen molar-refractivity contribution >= 4 is 47.2 Å². The minimum atomic E-state index is -0.268. The van der Waals surface area contributed by atoms with Crippen molar-refractivity contribution in [1.29, 1.82) is 0 Å². The minimum Gasteiger partial charge on any atom is -0.354 e. The van der Waals surface area contributed by atoms with Crippen LogP contribution in [0.25, 0.3) is 11.0 Å². The molecular weight excluding hydrogens is 319 g/mol. The monoisotopic (exact) mass is 334 g/mol. The van der Waals surface area contributed by atoms with Gasteiger partial charge in [0.1, 0.15) is 10.5 Å². The quantitative estimate of drug-likeness (QED) is 0.571. The average molecular weight is 335 g/mol. The largest absolute Gasteiger partial charge is 0.354 e. The fourth-order valence-corrected chi connectivity index (χ4v) is 3.59. The number of aromatic amines is 1. The smallest absolute Gasteiger partial charge is 0.277 e. The molecule has 22 heavy (non-hydrogen) atoms. The highest BCUT2D eigenvalue weighted by Crippen LogP contribution is 2.31. The second-order valence-corrected chi connectivity index (χ2v) is 7.89. The topological polar surface area (TPSA) is 62.7 Å². The van der Waals surface area contributed by atoms with Gasteiger partial charge in [-0.3, -0.25) is 14.6 Å². The van der Waals surface area contributed by atoms with Gasteiger partial charge in [-0.05, 0) is 30.8 Å². The number of nitrogens with one attached hydrogen (secondary N) is 2. The van der Waals surface area contributed by atoms with Gasteiger partial charge in [-0.15, -0.1) is 0 Å². The Hall–Kier alpha value is -1.84. The van der Waals surface area contributed by atoms with Gasteiger partial charge < -0.3 is 5.32 Å². The number of halogens is 1. The third-order valence-corrected chi connectivity index (χ3v) is 4.98. The molecule has 0 fully saturated rings. The van der Waals surface area contributed by atoms with E-state index in [4.69, 9.17) is 11.6 Å². The molecule has 0 saturated heterocycles. The van der Waals surface area contributed by atoms with E-state index in [-0.39, 0.29) is 13.5 Å². The molecule has 3 rings (SSSR count). The predicted molar refractivity (Wildman–Crippen MR) is 94.5 cm³/mol. The van der Waals surface area contributed by atoms with Crippen LogP contribution in [-0.2, 0) is 7.05 Å². The second-order valence-electron chi connectivity index (χ2n) is 5.23. The maximum Gasteiger partial charge on any atom is 0.277 e. The Balaban J connectivity index is 2.18. The van der Waals surface area contributed by atoms with E-state index in [1.807, 2.05) is 18.2 Å². The number of H-pyrrole nitrogens is 1. The van der Waals surface area contributed by atoms with Crippen molar-refractivity contribution in [3.63, 3.8) is 0 Å². The van der Waals surface area contributed by atoms with Gasteiger partial charge in [0.2, 0.25) is 0 Å². The molecule has 2 heterocycles. The molecule has 0 spiro atoms. The number of hydrogen-bond acceptors (Lipinski definition) is 3. The lowest BCUT2D eigenvalue weighted by atomic mass is 10.2. The fourth-order valence-electron chi connectivity index (χ4n) is 2.40. The van der Waals surface area contributed by atoms with Crippen molar-refractivity contribution in [3.8, 4) is 0 Å². The Bertz CT molecular complexity index is 900. The van der Waals surface area contributed by atoms with Crippen molar-refractivity contribution in [1.82, 2.24) is 14.8 Å². The highest BCUT2D eigenvalue weighted by Gasteiger charge is 2.14. The van der Waals surface area contributed by atoms with E-state index < -0.39 is 0 Å². The van der Waals surface area contributed by atoms with Gasteiger partial charge in [0, 0.05) is 12.7 Å². The number of aromatic nitrogens is 3. The van der Waals surface area contributed by atoms with E-state index in [0.717, 1.165) is 5.69 Å². The standard InChI is InChI=1S/C15H16ClN4OP/c1-20-15(21)13-10(8-12(16)18-14(13)19-20)17-9-6-4-5-7-11(9)22(2)3/h4-8H,1-3H3,(H2,17,18,19). The maximum atomic E-state index is 12.3. The molecule has 7 heteroatoms. The molecule has 0 aliphatic carbocycles. The molecule has 0 unspecified atom stereocenters. The van der Waals surface area contributed by atoms with Crippen molar-refractivity contribution in [2.24, 2.45) is 7.05 Å². The molecule has 2 N–H and O–H groups in total. The summed E-state index contributed by atoms with van der Waals surface area (Å²) < 4.78 is 1.40. The molecule has 3 aromatic rings. The van der Waals surface area contributed by atoms with Crippen molar-refractivity contribution in [2.45, 2.75) is 0 Å². The second kappa shape index (κ2) is 5.75. The minimum absolute atomic E-state index is 0.130. The summed E-state index contributed by atoms with van der Waals surface area (Å²) in [5, 5.41) is 8.35. The van der Waals surface area contributed by atoms with Crippen molar-refractivity contribution < 1.29 is 0 Å². The molecule has 114 valence electrons. The summed E-state index contributed by atoms with van der Waals surface area (Å²) in [6.45, 7) is 4.39. The predicted octanol–water partition coefficient (Wildman–Crippen LogP) is 3.03. The summed E-state index contributed by atoms with van der Waals surface area (Å²) in [6, 6.07) is 9.79. The highest BCUT2D eigenvalue weighted by atomic mass is 35.5. The number of hydrogen-bond donors (Lipinski definition) is 2. The van der Waals surface area contributed by atoms with Crippen molar-refractivity contribution in [2.75, 3.05) is 18.6 Å². The van der Waals surface area contributed by atoms with Crippen LogP contribution in [0.1, 0.15) is 0 Å². The summed E-state index contributed by atoms with van der Waals surface area (Å²) in [6.07, 6.45) is 0. The van der Waals surface area contributed by atoms with E-state index >= 15 is 0 Å². The summed E-state index contributed by atoms with van der Waals surface area (Å²) in [5.41, 5.74) is 2.01. The Labute approximate surface area is 134 Å². The fraction of sp³-hybridized carbons (Fsp3) is 0.200. The zero-order chi connectivity index (χ0) is 15.9. The van der Waals surface area contributed by atoms with E-state index in [9.17, 15) is 4.79 Å². The van der Waals surface area contributed by atoms with Crippen LogP contribution >= 0.6 is 19.5 Å². The lowest BCUT2D eigenvalue weighted by molar-refractivity contribution is 0.748. The molecule has 0 bridgehead atoms. The van der Waals surface area contributed by atoms with Crippen LogP contribution in [0.5, 0.6) is 0 Å². The van der Waals surface area contributed by atoms with Crippen LogP contribution in [0.2, 0.25) is 5.15 Å².